The fraction of sp³-hybridized carbons (Fsp3) is 0.552. The van der Waals surface area contributed by atoms with Gasteiger partial charge in [-0.05, 0) is 56.1 Å². The maximum Gasteiger partial charge on any atom is 0.255 e. The van der Waals surface area contributed by atoms with Gasteiger partial charge in [-0.3, -0.25) is 9.59 Å². The number of nitrogens with two attached hydrogens (primary N) is 1. The van der Waals surface area contributed by atoms with Crippen LogP contribution in [0.5, 0.6) is 11.6 Å². The SMILES string of the molecule is CC[C@@H]1[C@H](F)C(=O)N[C@@H]1COc1ncc(C#CC2CCC(C(C)C)CC2)c2cc(C(N)=O)c(OC)cc12.[HH]. The number of amides is 2. The summed E-state index contributed by atoms with van der Waals surface area (Å²) >= 11 is 0. The Kier molecular flexibility index (Phi) is 8.21. The highest BCUT2D eigenvalue weighted by molar-refractivity contribution is 6.03. The largest absolute Gasteiger partial charge is 0.496 e. The number of carbonyl (C=O) groups excluding carboxylic acids is 2. The Labute approximate surface area is 219 Å². The highest BCUT2D eigenvalue weighted by atomic mass is 19.1. The van der Waals surface area contributed by atoms with Gasteiger partial charge in [-0.1, -0.05) is 32.6 Å². The minimum absolute atomic E-state index is 0. The normalized spacial score (nSPS) is 25.5. The number of hydrogen-bond donors (Lipinski definition) is 2. The summed E-state index contributed by atoms with van der Waals surface area (Å²) in [7, 11) is 1.46. The maximum atomic E-state index is 14.2. The van der Waals surface area contributed by atoms with E-state index in [2.05, 4.69) is 36.0 Å². The number of ether oxygens (including phenoxy) is 2. The second-order valence-corrected chi connectivity index (χ2v) is 10.5. The molecule has 8 heteroatoms. The van der Waals surface area contributed by atoms with E-state index in [0.29, 0.717) is 46.2 Å². The van der Waals surface area contributed by atoms with Crippen molar-refractivity contribution >= 4 is 22.6 Å². The van der Waals surface area contributed by atoms with Crippen molar-refractivity contribution in [2.75, 3.05) is 13.7 Å². The average molecular weight is 512 g/mol. The number of halogens is 1. The van der Waals surface area contributed by atoms with Gasteiger partial charge in [0.15, 0.2) is 6.17 Å². The first-order valence-electron chi connectivity index (χ1n) is 13.1. The predicted molar refractivity (Wildman–Crippen MR) is 142 cm³/mol. The lowest BCUT2D eigenvalue weighted by atomic mass is 9.77. The van der Waals surface area contributed by atoms with Crippen molar-refractivity contribution in [3.05, 3.63) is 29.5 Å². The molecule has 3 atom stereocenters. The van der Waals surface area contributed by atoms with Gasteiger partial charge < -0.3 is 20.5 Å². The van der Waals surface area contributed by atoms with Crippen LogP contribution in [0, 0.1) is 35.5 Å². The quantitative estimate of drug-likeness (QED) is 0.527. The Bertz CT molecular complexity index is 1230. The number of nitrogens with one attached hydrogen (secondary N) is 1. The molecule has 3 N–H and O–H groups in total. The van der Waals surface area contributed by atoms with Crippen LogP contribution in [-0.4, -0.2) is 42.7 Å². The first kappa shape index (κ1) is 26.7. The minimum Gasteiger partial charge on any atom is -0.496 e. The van der Waals surface area contributed by atoms with Crippen LogP contribution in [0.3, 0.4) is 0 Å². The van der Waals surface area contributed by atoms with Gasteiger partial charge in [0, 0.05) is 30.2 Å². The molecule has 200 valence electrons. The Balaban J connectivity index is 0.00000400. The molecule has 1 saturated carbocycles. The van der Waals surface area contributed by atoms with Crippen molar-refractivity contribution in [2.24, 2.45) is 29.4 Å². The molecule has 0 spiro atoms. The van der Waals surface area contributed by atoms with Gasteiger partial charge in [-0.25, -0.2) is 9.37 Å². The number of nitrogens with zero attached hydrogens (tertiary/aromatic N) is 1. The van der Waals surface area contributed by atoms with Crippen molar-refractivity contribution in [3.63, 3.8) is 0 Å². The third-order valence-electron chi connectivity index (χ3n) is 7.90. The predicted octanol–water partition coefficient (Wildman–Crippen LogP) is 4.64. The van der Waals surface area contributed by atoms with Gasteiger partial charge in [-0.2, -0.15) is 0 Å². The average Bonchev–Trinajstić information content (AvgIpc) is 3.17. The smallest absolute Gasteiger partial charge is 0.255 e. The lowest BCUT2D eigenvalue weighted by Gasteiger charge is -2.28. The summed E-state index contributed by atoms with van der Waals surface area (Å²) in [4.78, 5) is 28.5. The second kappa shape index (κ2) is 11.4. The zero-order chi connectivity index (χ0) is 26.7. The van der Waals surface area contributed by atoms with E-state index >= 15 is 0 Å². The fourth-order valence-electron chi connectivity index (χ4n) is 5.52. The van der Waals surface area contributed by atoms with E-state index in [9.17, 15) is 14.0 Å². The van der Waals surface area contributed by atoms with Crippen LogP contribution in [0.4, 0.5) is 4.39 Å². The molecule has 0 unspecified atom stereocenters. The summed E-state index contributed by atoms with van der Waals surface area (Å²) in [6.07, 6.45) is 5.10. The summed E-state index contributed by atoms with van der Waals surface area (Å²) < 4.78 is 25.6. The lowest BCUT2D eigenvalue weighted by Crippen LogP contribution is -2.34. The Morgan fingerprint density at radius 2 is 2.00 bits per heavy atom. The fourth-order valence-corrected chi connectivity index (χ4v) is 5.52. The number of fused-ring (bicyclic) bond motifs is 1. The van der Waals surface area contributed by atoms with Gasteiger partial charge in [-0.15, -0.1) is 0 Å². The summed E-state index contributed by atoms with van der Waals surface area (Å²) in [5.41, 5.74) is 6.53. The van der Waals surface area contributed by atoms with Gasteiger partial charge in [0.25, 0.3) is 11.8 Å². The van der Waals surface area contributed by atoms with Crippen molar-refractivity contribution in [2.45, 2.75) is 65.1 Å². The first-order chi connectivity index (χ1) is 17.7. The Hall–Kier alpha value is -3.34. The topological polar surface area (TPSA) is 104 Å². The van der Waals surface area contributed by atoms with Crippen molar-refractivity contribution in [1.82, 2.24) is 10.3 Å². The molecule has 0 radical (unpaired) electrons. The van der Waals surface area contributed by atoms with E-state index in [1.165, 1.54) is 20.0 Å². The molecule has 4 rings (SSSR count). The molecule has 2 aliphatic rings. The standard InChI is InChI=1S/C29H36FN3O4.H2/c1-5-20-24(33-28(35)26(20)30)15-37-29-22-13-25(36-4)23(27(31)34)12-21(22)19(14-32-29)11-8-17-6-9-18(10-7-17)16(2)3;/h12-14,16-18,20,24,26H,5-7,9-10,15H2,1-4H3,(H2,31,34)(H,33,35);1H/t17?,18?,20-,24+,26-;/m0./s1. The summed E-state index contributed by atoms with van der Waals surface area (Å²) in [5.74, 6) is 7.37. The molecule has 1 aromatic heterocycles. The van der Waals surface area contributed by atoms with Crippen molar-refractivity contribution < 1.29 is 24.9 Å². The summed E-state index contributed by atoms with van der Waals surface area (Å²) in [5, 5.41) is 3.95. The highest BCUT2D eigenvalue weighted by Gasteiger charge is 2.41. The molecule has 2 fully saturated rings. The van der Waals surface area contributed by atoms with Crippen LogP contribution in [0.15, 0.2) is 18.3 Å². The van der Waals surface area contributed by atoms with Gasteiger partial charge in [0.05, 0.1) is 24.3 Å². The van der Waals surface area contributed by atoms with E-state index in [1.54, 1.807) is 18.3 Å². The van der Waals surface area contributed by atoms with Crippen LogP contribution >= 0.6 is 0 Å². The van der Waals surface area contributed by atoms with Crippen LogP contribution in [0.25, 0.3) is 10.8 Å². The van der Waals surface area contributed by atoms with Crippen LogP contribution < -0.4 is 20.5 Å². The number of primary amides is 1. The third kappa shape index (κ3) is 5.66. The number of carbonyl (C=O) groups is 2. The number of aromatic nitrogens is 1. The molecule has 2 amide bonds. The van der Waals surface area contributed by atoms with Crippen LogP contribution in [0.1, 0.15) is 70.2 Å². The van der Waals surface area contributed by atoms with E-state index in [0.717, 1.165) is 18.8 Å². The number of rotatable bonds is 7. The number of methoxy groups -OCH3 is 1. The van der Waals surface area contributed by atoms with E-state index < -0.39 is 29.9 Å². The maximum absolute atomic E-state index is 14.2. The Morgan fingerprint density at radius 1 is 1.27 bits per heavy atom. The van der Waals surface area contributed by atoms with Crippen LogP contribution in [-0.2, 0) is 4.79 Å². The molecular weight excluding hydrogens is 473 g/mol. The zero-order valence-corrected chi connectivity index (χ0v) is 22.0. The van der Waals surface area contributed by atoms with E-state index in [1.807, 2.05) is 6.92 Å². The molecule has 37 heavy (non-hydrogen) atoms. The molecule has 2 aromatic rings. The van der Waals surface area contributed by atoms with E-state index in [4.69, 9.17) is 15.2 Å². The molecule has 1 aromatic carbocycles. The van der Waals surface area contributed by atoms with Crippen molar-refractivity contribution in [1.29, 1.82) is 0 Å². The monoisotopic (exact) mass is 511 g/mol. The minimum atomic E-state index is -1.55. The second-order valence-electron chi connectivity index (χ2n) is 10.5. The van der Waals surface area contributed by atoms with Crippen molar-refractivity contribution in [3.8, 4) is 23.5 Å². The Morgan fingerprint density at radius 3 is 2.62 bits per heavy atom. The van der Waals surface area contributed by atoms with Crippen LogP contribution in [0.2, 0.25) is 0 Å². The number of hydrogen-bond acceptors (Lipinski definition) is 5. The first-order valence-corrected chi connectivity index (χ1v) is 13.1. The molecular formula is C29H38FN3O4. The molecule has 7 nitrogen and oxygen atoms in total. The summed E-state index contributed by atoms with van der Waals surface area (Å²) in [6.45, 7) is 6.47. The molecule has 0 bridgehead atoms. The molecule has 2 heterocycles. The van der Waals surface area contributed by atoms with Gasteiger partial charge in [0.2, 0.25) is 5.88 Å². The number of alkyl halides is 1. The number of benzene rings is 1. The van der Waals surface area contributed by atoms with E-state index in [-0.39, 0.29) is 13.6 Å². The lowest BCUT2D eigenvalue weighted by molar-refractivity contribution is -0.123. The number of pyridine rings is 1. The molecule has 1 saturated heterocycles. The highest BCUT2D eigenvalue weighted by Crippen LogP contribution is 2.35. The van der Waals surface area contributed by atoms with Gasteiger partial charge in [0.1, 0.15) is 12.4 Å². The molecule has 1 aliphatic carbocycles. The summed E-state index contributed by atoms with van der Waals surface area (Å²) in [6, 6.07) is 2.87. The molecule has 1 aliphatic heterocycles. The third-order valence-corrected chi connectivity index (χ3v) is 7.90. The van der Waals surface area contributed by atoms with Gasteiger partial charge >= 0.3 is 0 Å². The zero-order valence-electron chi connectivity index (χ0n) is 22.0.